The first-order valence-electron chi connectivity index (χ1n) is 3.91. The number of carbonyl (C=O) groups excluding carboxylic acids is 1. The van der Waals surface area contributed by atoms with Gasteiger partial charge in [0.1, 0.15) is 0 Å². The van der Waals surface area contributed by atoms with E-state index in [9.17, 15) is 4.79 Å². The Bertz CT molecular complexity index is 256. The van der Waals surface area contributed by atoms with Crippen molar-refractivity contribution < 1.29 is 4.79 Å². The zero-order chi connectivity index (χ0) is 8.97. The normalized spacial score (nSPS) is 9.92. The molecular weight excluding hydrogens is 152 g/mol. The molecule has 0 bridgehead atoms. The highest BCUT2D eigenvalue weighted by atomic mass is 16.1. The number of amides is 1. The molecule has 0 aliphatic rings. The first kappa shape index (κ1) is 8.71. The average Bonchev–Trinajstić information content (AvgIpc) is 2.06. The van der Waals surface area contributed by atoms with E-state index in [1.807, 2.05) is 13.8 Å². The topological polar surface area (TPSA) is 42.0 Å². The molecule has 1 aromatic rings. The smallest absolute Gasteiger partial charge is 0.226 e. The van der Waals surface area contributed by atoms with Crippen molar-refractivity contribution in [1.29, 1.82) is 0 Å². The first-order chi connectivity index (χ1) is 5.70. The largest absolute Gasteiger partial charge is 0.326 e. The Balaban J connectivity index is 2.59. The van der Waals surface area contributed by atoms with E-state index in [0.717, 1.165) is 5.69 Å². The van der Waals surface area contributed by atoms with Crippen LogP contribution in [-0.4, -0.2) is 10.9 Å². The molecule has 0 aromatic carbocycles. The molecule has 0 fully saturated rings. The Hall–Kier alpha value is -1.38. The van der Waals surface area contributed by atoms with Gasteiger partial charge in [-0.05, 0) is 12.1 Å². The standard InChI is InChI=1S/C9H12N2O/c1-7(2)9(12)11-8-3-5-10-6-4-8/h3-7H,1-2H3,(H,10,11,12). The number of nitrogens with one attached hydrogen (secondary N) is 1. The molecule has 0 aliphatic carbocycles. The van der Waals surface area contributed by atoms with Gasteiger partial charge in [0, 0.05) is 24.0 Å². The minimum atomic E-state index is 0.0122. The van der Waals surface area contributed by atoms with Gasteiger partial charge in [0.15, 0.2) is 0 Å². The van der Waals surface area contributed by atoms with Crippen LogP contribution in [0.4, 0.5) is 5.69 Å². The third-order valence-corrected chi connectivity index (χ3v) is 1.47. The number of rotatable bonds is 2. The molecule has 0 radical (unpaired) electrons. The number of hydrogen-bond acceptors (Lipinski definition) is 2. The van der Waals surface area contributed by atoms with Crippen LogP contribution in [0.2, 0.25) is 0 Å². The first-order valence-corrected chi connectivity index (χ1v) is 3.91. The van der Waals surface area contributed by atoms with Gasteiger partial charge in [-0.25, -0.2) is 0 Å². The fourth-order valence-corrected chi connectivity index (χ4v) is 0.722. The van der Waals surface area contributed by atoms with Gasteiger partial charge in [-0.3, -0.25) is 9.78 Å². The Kier molecular flexibility index (Phi) is 2.80. The monoisotopic (exact) mass is 164 g/mol. The summed E-state index contributed by atoms with van der Waals surface area (Å²) in [5.74, 6) is 0.0411. The number of aromatic nitrogens is 1. The number of pyridine rings is 1. The maximum Gasteiger partial charge on any atom is 0.226 e. The maximum atomic E-state index is 11.2. The van der Waals surface area contributed by atoms with Crippen molar-refractivity contribution in [2.45, 2.75) is 13.8 Å². The van der Waals surface area contributed by atoms with Crippen LogP contribution in [0.25, 0.3) is 0 Å². The third kappa shape index (κ3) is 2.34. The molecule has 0 spiro atoms. The van der Waals surface area contributed by atoms with E-state index in [-0.39, 0.29) is 11.8 Å². The second-order valence-corrected chi connectivity index (χ2v) is 2.88. The Labute approximate surface area is 71.8 Å². The Morgan fingerprint density at radius 1 is 1.42 bits per heavy atom. The van der Waals surface area contributed by atoms with Crippen LogP contribution in [-0.2, 0) is 4.79 Å². The second-order valence-electron chi connectivity index (χ2n) is 2.88. The highest BCUT2D eigenvalue weighted by Crippen LogP contribution is 2.05. The number of anilines is 1. The lowest BCUT2D eigenvalue weighted by molar-refractivity contribution is -0.118. The van der Waals surface area contributed by atoms with E-state index >= 15 is 0 Å². The van der Waals surface area contributed by atoms with E-state index in [0.29, 0.717) is 0 Å². The van der Waals surface area contributed by atoms with E-state index in [1.54, 1.807) is 24.5 Å². The van der Waals surface area contributed by atoms with Gasteiger partial charge in [0.2, 0.25) is 5.91 Å². The lowest BCUT2D eigenvalue weighted by Crippen LogP contribution is -2.17. The molecule has 3 nitrogen and oxygen atoms in total. The molecule has 0 unspecified atom stereocenters. The lowest BCUT2D eigenvalue weighted by atomic mass is 10.2. The Morgan fingerprint density at radius 2 is 2.00 bits per heavy atom. The zero-order valence-corrected chi connectivity index (χ0v) is 7.24. The van der Waals surface area contributed by atoms with Gasteiger partial charge in [-0.15, -0.1) is 0 Å². The third-order valence-electron chi connectivity index (χ3n) is 1.47. The summed E-state index contributed by atoms with van der Waals surface area (Å²) >= 11 is 0. The molecule has 1 heterocycles. The summed E-state index contributed by atoms with van der Waals surface area (Å²) in [4.78, 5) is 15.0. The van der Waals surface area contributed by atoms with Crippen molar-refractivity contribution >= 4 is 11.6 Å². The molecule has 0 saturated carbocycles. The highest BCUT2D eigenvalue weighted by Gasteiger charge is 2.05. The van der Waals surface area contributed by atoms with Gasteiger partial charge in [-0.1, -0.05) is 13.8 Å². The number of carbonyl (C=O) groups is 1. The van der Waals surface area contributed by atoms with Crippen molar-refractivity contribution in [3.8, 4) is 0 Å². The van der Waals surface area contributed by atoms with Crippen LogP contribution < -0.4 is 5.32 Å². The van der Waals surface area contributed by atoms with Crippen LogP contribution >= 0.6 is 0 Å². The summed E-state index contributed by atoms with van der Waals surface area (Å²) < 4.78 is 0. The molecule has 3 heteroatoms. The molecule has 1 aromatic heterocycles. The lowest BCUT2D eigenvalue weighted by Gasteiger charge is -2.06. The number of nitrogens with zero attached hydrogens (tertiary/aromatic N) is 1. The van der Waals surface area contributed by atoms with Gasteiger partial charge in [0.05, 0.1) is 0 Å². The SMILES string of the molecule is CC(C)C(=O)Nc1ccncc1. The fourth-order valence-electron chi connectivity index (χ4n) is 0.722. The molecular formula is C9H12N2O. The summed E-state index contributed by atoms with van der Waals surface area (Å²) in [7, 11) is 0. The number of hydrogen-bond donors (Lipinski definition) is 1. The van der Waals surface area contributed by atoms with Crippen molar-refractivity contribution in [3.05, 3.63) is 24.5 Å². The quantitative estimate of drug-likeness (QED) is 0.722. The highest BCUT2D eigenvalue weighted by molar-refractivity contribution is 5.91. The molecule has 0 aliphatic heterocycles. The predicted molar refractivity (Wildman–Crippen MR) is 47.7 cm³/mol. The van der Waals surface area contributed by atoms with E-state index < -0.39 is 0 Å². The van der Waals surface area contributed by atoms with Gasteiger partial charge in [0.25, 0.3) is 0 Å². The minimum Gasteiger partial charge on any atom is -0.326 e. The van der Waals surface area contributed by atoms with Crippen molar-refractivity contribution in [2.24, 2.45) is 5.92 Å². The van der Waals surface area contributed by atoms with Crippen LogP contribution in [0, 0.1) is 5.92 Å². The second kappa shape index (κ2) is 3.85. The predicted octanol–water partition coefficient (Wildman–Crippen LogP) is 1.68. The molecule has 64 valence electrons. The fraction of sp³-hybridized carbons (Fsp3) is 0.333. The Morgan fingerprint density at radius 3 is 2.50 bits per heavy atom. The summed E-state index contributed by atoms with van der Waals surface area (Å²) in [5.41, 5.74) is 0.795. The van der Waals surface area contributed by atoms with Crippen LogP contribution in [0.3, 0.4) is 0 Å². The minimum absolute atomic E-state index is 0.0122. The van der Waals surface area contributed by atoms with Crippen LogP contribution in [0.15, 0.2) is 24.5 Å². The van der Waals surface area contributed by atoms with Gasteiger partial charge >= 0.3 is 0 Å². The summed E-state index contributed by atoms with van der Waals surface area (Å²) in [6, 6.07) is 3.53. The summed E-state index contributed by atoms with van der Waals surface area (Å²) in [6.45, 7) is 3.72. The molecule has 0 atom stereocenters. The van der Waals surface area contributed by atoms with Gasteiger partial charge in [-0.2, -0.15) is 0 Å². The zero-order valence-electron chi connectivity index (χ0n) is 7.24. The average molecular weight is 164 g/mol. The molecule has 1 N–H and O–H groups in total. The molecule has 1 amide bonds. The van der Waals surface area contributed by atoms with Crippen molar-refractivity contribution in [2.75, 3.05) is 5.32 Å². The molecule has 0 saturated heterocycles. The van der Waals surface area contributed by atoms with E-state index in [2.05, 4.69) is 10.3 Å². The van der Waals surface area contributed by atoms with E-state index in [4.69, 9.17) is 0 Å². The van der Waals surface area contributed by atoms with Gasteiger partial charge < -0.3 is 5.32 Å². The summed E-state index contributed by atoms with van der Waals surface area (Å²) in [6.07, 6.45) is 3.30. The maximum absolute atomic E-state index is 11.2. The van der Waals surface area contributed by atoms with Crippen molar-refractivity contribution in [1.82, 2.24) is 4.98 Å². The van der Waals surface area contributed by atoms with Crippen LogP contribution in [0.5, 0.6) is 0 Å². The van der Waals surface area contributed by atoms with E-state index in [1.165, 1.54) is 0 Å². The van der Waals surface area contributed by atoms with Crippen LogP contribution in [0.1, 0.15) is 13.8 Å². The summed E-state index contributed by atoms with van der Waals surface area (Å²) in [5, 5.41) is 2.76. The molecule has 1 rings (SSSR count). The molecule has 12 heavy (non-hydrogen) atoms. The van der Waals surface area contributed by atoms with Crippen molar-refractivity contribution in [3.63, 3.8) is 0 Å².